The van der Waals surface area contributed by atoms with Crippen LogP contribution in [-0.2, 0) is 10.0 Å². The van der Waals surface area contributed by atoms with Crippen molar-refractivity contribution in [3.05, 3.63) is 66.7 Å². The number of benzene rings is 2. The zero-order chi connectivity index (χ0) is 18.1. The van der Waals surface area contributed by atoms with Crippen molar-refractivity contribution >= 4 is 32.8 Å². The third-order valence-corrected chi connectivity index (χ3v) is 6.18. The summed E-state index contributed by atoms with van der Waals surface area (Å²) >= 11 is 0.999. The molecule has 0 unspecified atom stereocenters. The SMILES string of the molecule is C[C@@H](NS(=O)(=O)c1cccc2nsnc12)c1ccc(-n2ccnc2)cc1. The van der Waals surface area contributed by atoms with E-state index in [0.717, 1.165) is 23.0 Å². The lowest BCUT2D eigenvalue weighted by atomic mass is 10.1. The first-order chi connectivity index (χ1) is 12.5. The first kappa shape index (κ1) is 16.8. The Bertz CT molecular complexity index is 1140. The Labute approximate surface area is 154 Å². The zero-order valence-corrected chi connectivity index (χ0v) is 15.4. The fourth-order valence-electron chi connectivity index (χ4n) is 2.71. The van der Waals surface area contributed by atoms with Gasteiger partial charge in [0.2, 0.25) is 10.0 Å². The molecule has 4 rings (SSSR count). The van der Waals surface area contributed by atoms with Crippen molar-refractivity contribution in [3.63, 3.8) is 0 Å². The number of nitrogens with zero attached hydrogens (tertiary/aromatic N) is 4. The average Bonchev–Trinajstić information content (AvgIpc) is 3.32. The van der Waals surface area contributed by atoms with E-state index in [4.69, 9.17) is 0 Å². The van der Waals surface area contributed by atoms with Crippen LogP contribution in [0.15, 0.2) is 66.1 Å². The molecule has 0 fully saturated rings. The molecule has 7 nitrogen and oxygen atoms in total. The molecule has 2 heterocycles. The number of aromatic nitrogens is 4. The zero-order valence-electron chi connectivity index (χ0n) is 13.8. The maximum absolute atomic E-state index is 12.8. The molecule has 9 heteroatoms. The Kier molecular flexibility index (Phi) is 4.27. The minimum atomic E-state index is -3.72. The highest BCUT2D eigenvalue weighted by atomic mass is 32.2. The van der Waals surface area contributed by atoms with Crippen LogP contribution in [0.25, 0.3) is 16.7 Å². The normalized spacial score (nSPS) is 13.1. The van der Waals surface area contributed by atoms with Crippen LogP contribution in [-0.4, -0.2) is 26.7 Å². The molecule has 0 radical (unpaired) electrons. The molecule has 0 aliphatic carbocycles. The van der Waals surface area contributed by atoms with Crippen LogP contribution in [0.2, 0.25) is 0 Å². The van der Waals surface area contributed by atoms with Gasteiger partial charge in [-0.05, 0) is 36.8 Å². The number of imidazole rings is 1. The van der Waals surface area contributed by atoms with Crippen LogP contribution in [0, 0.1) is 0 Å². The molecule has 4 aromatic rings. The standard InChI is InChI=1S/C17H15N5O2S2/c1-12(13-5-7-14(8-6-13)22-10-9-18-11-22)21-26(23,24)16-4-2-3-15-17(16)20-25-19-15/h2-12,21H,1H3/t12-/m1/s1. The highest BCUT2D eigenvalue weighted by molar-refractivity contribution is 7.89. The van der Waals surface area contributed by atoms with Gasteiger partial charge in [0.1, 0.15) is 15.9 Å². The first-order valence-electron chi connectivity index (χ1n) is 7.86. The van der Waals surface area contributed by atoms with E-state index >= 15 is 0 Å². The predicted molar refractivity (Wildman–Crippen MR) is 99.7 cm³/mol. The van der Waals surface area contributed by atoms with Gasteiger partial charge in [0, 0.05) is 24.1 Å². The molecule has 0 spiro atoms. The summed E-state index contributed by atoms with van der Waals surface area (Å²) in [5, 5.41) is 0. The van der Waals surface area contributed by atoms with E-state index in [1.807, 2.05) is 42.0 Å². The summed E-state index contributed by atoms with van der Waals surface area (Å²) in [7, 11) is -3.72. The molecule has 26 heavy (non-hydrogen) atoms. The number of hydrogen-bond donors (Lipinski definition) is 1. The Morgan fingerprint density at radius 1 is 1.12 bits per heavy atom. The van der Waals surface area contributed by atoms with Crippen molar-refractivity contribution in [3.8, 4) is 5.69 Å². The van der Waals surface area contributed by atoms with Gasteiger partial charge in [-0.2, -0.15) is 8.75 Å². The summed E-state index contributed by atoms with van der Waals surface area (Å²) in [6, 6.07) is 12.2. The minimum absolute atomic E-state index is 0.144. The fraction of sp³-hybridized carbons (Fsp3) is 0.118. The number of fused-ring (bicyclic) bond motifs is 1. The van der Waals surface area contributed by atoms with E-state index < -0.39 is 16.1 Å². The third-order valence-electron chi connectivity index (χ3n) is 4.07. The molecule has 0 bridgehead atoms. The lowest BCUT2D eigenvalue weighted by Gasteiger charge is -2.15. The number of nitrogens with one attached hydrogen (secondary N) is 1. The predicted octanol–water partition coefficient (Wildman–Crippen LogP) is 2.92. The topological polar surface area (TPSA) is 89.8 Å². The summed E-state index contributed by atoms with van der Waals surface area (Å²) in [4.78, 5) is 4.16. The van der Waals surface area contributed by atoms with E-state index in [0.29, 0.717) is 11.0 Å². The number of sulfonamides is 1. The largest absolute Gasteiger partial charge is 0.306 e. The van der Waals surface area contributed by atoms with Crippen molar-refractivity contribution in [2.75, 3.05) is 0 Å². The highest BCUT2D eigenvalue weighted by Gasteiger charge is 2.22. The molecule has 1 atom stereocenters. The van der Waals surface area contributed by atoms with E-state index in [-0.39, 0.29) is 4.90 Å². The monoisotopic (exact) mass is 385 g/mol. The van der Waals surface area contributed by atoms with Crippen molar-refractivity contribution in [2.24, 2.45) is 0 Å². The second-order valence-corrected chi connectivity index (χ2v) is 8.00. The molecule has 0 amide bonds. The fourth-order valence-corrected chi connectivity index (χ4v) is 4.71. The van der Waals surface area contributed by atoms with Crippen LogP contribution >= 0.6 is 11.7 Å². The maximum atomic E-state index is 12.8. The Hall–Kier alpha value is -2.62. The van der Waals surface area contributed by atoms with Gasteiger partial charge < -0.3 is 4.57 Å². The van der Waals surface area contributed by atoms with Gasteiger partial charge in [-0.1, -0.05) is 18.2 Å². The van der Waals surface area contributed by atoms with Gasteiger partial charge in [0.25, 0.3) is 0 Å². The van der Waals surface area contributed by atoms with Crippen LogP contribution in [0.3, 0.4) is 0 Å². The highest BCUT2D eigenvalue weighted by Crippen LogP contribution is 2.23. The van der Waals surface area contributed by atoms with Crippen LogP contribution in [0.4, 0.5) is 0 Å². The van der Waals surface area contributed by atoms with Crippen molar-refractivity contribution in [2.45, 2.75) is 17.9 Å². The van der Waals surface area contributed by atoms with E-state index in [9.17, 15) is 8.42 Å². The smallest absolute Gasteiger partial charge is 0.243 e. The van der Waals surface area contributed by atoms with Crippen LogP contribution in [0.1, 0.15) is 18.5 Å². The molecule has 132 valence electrons. The molecule has 0 saturated heterocycles. The Morgan fingerprint density at radius 3 is 2.65 bits per heavy atom. The van der Waals surface area contributed by atoms with Gasteiger partial charge in [0.05, 0.1) is 18.1 Å². The van der Waals surface area contributed by atoms with Crippen molar-refractivity contribution in [1.82, 2.24) is 23.0 Å². The molecule has 2 aromatic heterocycles. The summed E-state index contributed by atoms with van der Waals surface area (Å²) in [6.45, 7) is 1.81. The molecular formula is C17H15N5O2S2. The van der Waals surface area contributed by atoms with E-state index in [2.05, 4.69) is 18.5 Å². The Morgan fingerprint density at radius 2 is 1.92 bits per heavy atom. The summed E-state index contributed by atoms with van der Waals surface area (Å²) in [6.07, 6.45) is 5.27. The second-order valence-electron chi connectivity index (χ2n) is 5.79. The average molecular weight is 385 g/mol. The molecule has 0 aliphatic rings. The Balaban J connectivity index is 1.59. The van der Waals surface area contributed by atoms with Gasteiger partial charge >= 0.3 is 0 Å². The van der Waals surface area contributed by atoms with Gasteiger partial charge in [-0.3, -0.25) is 0 Å². The summed E-state index contributed by atoms with van der Waals surface area (Å²) in [5.41, 5.74) is 2.79. The molecule has 0 saturated carbocycles. The van der Waals surface area contributed by atoms with Gasteiger partial charge in [-0.15, -0.1) is 0 Å². The summed E-state index contributed by atoms with van der Waals surface area (Å²) in [5.74, 6) is 0. The third kappa shape index (κ3) is 3.12. The van der Waals surface area contributed by atoms with Crippen LogP contribution in [0.5, 0.6) is 0 Å². The minimum Gasteiger partial charge on any atom is -0.306 e. The lowest BCUT2D eigenvalue weighted by Crippen LogP contribution is -2.27. The van der Waals surface area contributed by atoms with Gasteiger partial charge in [-0.25, -0.2) is 18.1 Å². The van der Waals surface area contributed by atoms with Gasteiger partial charge in [0.15, 0.2) is 0 Å². The second kappa shape index (κ2) is 6.60. The molecule has 1 N–H and O–H groups in total. The van der Waals surface area contributed by atoms with Crippen molar-refractivity contribution in [1.29, 1.82) is 0 Å². The van der Waals surface area contributed by atoms with E-state index in [1.54, 1.807) is 30.7 Å². The number of hydrogen-bond acceptors (Lipinski definition) is 6. The lowest BCUT2D eigenvalue weighted by molar-refractivity contribution is 0.567. The van der Waals surface area contributed by atoms with E-state index in [1.165, 1.54) is 0 Å². The maximum Gasteiger partial charge on any atom is 0.243 e. The molecular weight excluding hydrogens is 370 g/mol. The van der Waals surface area contributed by atoms with Crippen LogP contribution < -0.4 is 4.72 Å². The molecule has 0 aliphatic heterocycles. The molecule has 2 aromatic carbocycles. The summed E-state index contributed by atoms with van der Waals surface area (Å²) < 4.78 is 38.4. The number of rotatable bonds is 5. The van der Waals surface area contributed by atoms with Crippen molar-refractivity contribution < 1.29 is 8.42 Å². The first-order valence-corrected chi connectivity index (χ1v) is 10.1. The quantitative estimate of drug-likeness (QED) is 0.570.